The van der Waals surface area contributed by atoms with Gasteiger partial charge in [0.1, 0.15) is 24.2 Å². The predicted molar refractivity (Wildman–Crippen MR) is 83.0 cm³/mol. The zero-order chi connectivity index (χ0) is 15.2. The summed E-state index contributed by atoms with van der Waals surface area (Å²) in [6, 6.07) is 14.7. The van der Waals surface area contributed by atoms with Gasteiger partial charge in [-0.05, 0) is 36.4 Å². The lowest BCUT2D eigenvalue weighted by atomic mass is 10.2. The molecule has 0 unspecified atom stereocenters. The smallest absolute Gasteiger partial charge is 0.209 e. The summed E-state index contributed by atoms with van der Waals surface area (Å²) in [5, 5.41) is 3.22. The van der Waals surface area contributed by atoms with Crippen LogP contribution in [-0.2, 0) is 6.54 Å². The van der Waals surface area contributed by atoms with E-state index in [1.165, 1.54) is 0 Å². The second kappa shape index (κ2) is 6.87. The number of benzene rings is 2. The Balaban J connectivity index is 1.42. The highest BCUT2D eigenvalue weighted by atomic mass is 16.5. The van der Waals surface area contributed by atoms with Crippen LogP contribution in [0.25, 0.3) is 11.1 Å². The van der Waals surface area contributed by atoms with Crippen molar-refractivity contribution in [3.05, 3.63) is 60.0 Å². The highest BCUT2D eigenvalue weighted by molar-refractivity contribution is 5.74. The first-order valence-corrected chi connectivity index (χ1v) is 7.08. The molecule has 0 amide bonds. The van der Waals surface area contributed by atoms with Crippen LogP contribution in [0.15, 0.2) is 52.9 Å². The lowest BCUT2D eigenvalue weighted by molar-refractivity contribution is 0.112. The van der Waals surface area contributed by atoms with Crippen LogP contribution in [-0.4, -0.2) is 24.4 Å². The summed E-state index contributed by atoms with van der Waals surface area (Å²) in [7, 11) is 0. The second-order valence-electron chi connectivity index (χ2n) is 4.79. The Morgan fingerprint density at radius 3 is 2.73 bits per heavy atom. The van der Waals surface area contributed by atoms with Crippen LogP contribution >= 0.6 is 0 Å². The zero-order valence-electron chi connectivity index (χ0n) is 12.0. The van der Waals surface area contributed by atoms with Crippen molar-refractivity contribution in [3.63, 3.8) is 0 Å². The third-order valence-electron chi connectivity index (χ3n) is 3.18. The molecule has 1 aromatic heterocycles. The summed E-state index contributed by atoms with van der Waals surface area (Å²) in [5.74, 6) is 1.41. The van der Waals surface area contributed by atoms with Crippen LogP contribution in [0.4, 0.5) is 0 Å². The van der Waals surface area contributed by atoms with Crippen LogP contribution < -0.4 is 10.1 Å². The fourth-order valence-corrected chi connectivity index (χ4v) is 2.07. The molecule has 0 fully saturated rings. The minimum absolute atomic E-state index is 0.528. The lowest BCUT2D eigenvalue weighted by Gasteiger charge is -2.06. The molecule has 0 spiro atoms. The number of hydrogen-bond donors (Lipinski definition) is 1. The first kappa shape index (κ1) is 14.3. The van der Waals surface area contributed by atoms with E-state index in [0.29, 0.717) is 31.2 Å². The molecule has 0 atom stereocenters. The Labute approximate surface area is 127 Å². The number of carbonyl (C=O) groups excluding carboxylic acids is 1. The Morgan fingerprint density at radius 1 is 1.14 bits per heavy atom. The van der Waals surface area contributed by atoms with Gasteiger partial charge in [0, 0.05) is 12.1 Å². The molecule has 0 aliphatic carbocycles. The normalized spacial score (nSPS) is 10.7. The number of hydrogen-bond acceptors (Lipinski definition) is 5. The van der Waals surface area contributed by atoms with Crippen LogP contribution in [0.1, 0.15) is 16.2 Å². The first-order valence-electron chi connectivity index (χ1n) is 7.08. The SMILES string of the molecule is O=Cc1ccc(OCCNCc2nc3ccccc3o2)cc1. The number of fused-ring (bicyclic) bond motifs is 1. The molecule has 0 bridgehead atoms. The Hall–Kier alpha value is -2.66. The van der Waals surface area contributed by atoms with Gasteiger partial charge in [0.05, 0.1) is 6.54 Å². The van der Waals surface area contributed by atoms with Gasteiger partial charge in [0.15, 0.2) is 5.58 Å². The summed E-state index contributed by atoms with van der Waals surface area (Å²) in [6.45, 7) is 1.76. The van der Waals surface area contributed by atoms with E-state index in [2.05, 4.69) is 10.3 Å². The van der Waals surface area contributed by atoms with Crippen molar-refractivity contribution in [2.75, 3.05) is 13.2 Å². The fraction of sp³-hybridized carbons (Fsp3) is 0.176. The van der Waals surface area contributed by atoms with Gasteiger partial charge < -0.3 is 14.5 Å². The average Bonchev–Trinajstić information content (AvgIpc) is 2.98. The Morgan fingerprint density at radius 2 is 1.95 bits per heavy atom. The molecule has 1 heterocycles. The molecule has 5 heteroatoms. The molecule has 0 aliphatic rings. The number of carbonyl (C=O) groups is 1. The molecule has 5 nitrogen and oxygen atoms in total. The van der Waals surface area contributed by atoms with Gasteiger partial charge in [-0.3, -0.25) is 4.79 Å². The number of nitrogens with zero attached hydrogens (tertiary/aromatic N) is 1. The maximum atomic E-state index is 10.6. The summed E-state index contributed by atoms with van der Waals surface area (Å²) in [5.41, 5.74) is 2.30. The van der Waals surface area contributed by atoms with Gasteiger partial charge in [0.25, 0.3) is 0 Å². The topological polar surface area (TPSA) is 64.4 Å². The van der Waals surface area contributed by atoms with Crippen molar-refractivity contribution in [1.29, 1.82) is 0 Å². The van der Waals surface area contributed by atoms with E-state index in [9.17, 15) is 4.79 Å². The van der Waals surface area contributed by atoms with E-state index in [-0.39, 0.29) is 0 Å². The summed E-state index contributed by atoms with van der Waals surface area (Å²) < 4.78 is 11.2. The first-order chi connectivity index (χ1) is 10.8. The van der Waals surface area contributed by atoms with E-state index >= 15 is 0 Å². The number of ether oxygens (including phenoxy) is 1. The third-order valence-corrected chi connectivity index (χ3v) is 3.18. The van der Waals surface area contributed by atoms with Gasteiger partial charge in [-0.15, -0.1) is 0 Å². The van der Waals surface area contributed by atoms with Crippen molar-refractivity contribution in [2.45, 2.75) is 6.54 Å². The highest BCUT2D eigenvalue weighted by Crippen LogP contribution is 2.14. The van der Waals surface area contributed by atoms with Crippen molar-refractivity contribution >= 4 is 17.4 Å². The van der Waals surface area contributed by atoms with Crippen LogP contribution in [0.3, 0.4) is 0 Å². The summed E-state index contributed by atoms with van der Waals surface area (Å²) >= 11 is 0. The maximum absolute atomic E-state index is 10.6. The van der Waals surface area contributed by atoms with Gasteiger partial charge >= 0.3 is 0 Å². The number of aromatic nitrogens is 1. The number of rotatable bonds is 7. The molecule has 1 N–H and O–H groups in total. The van der Waals surface area contributed by atoms with Crippen LogP contribution in [0.5, 0.6) is 5.75 Å². The standard InChI is InChI=1S/C17H16N2O3/c20-12-13-5-7-14(8-6-13)21-10-9-18-11-17-19-15-3-1-2-4-16(15)22-17/h1-8,12,18H,9-11H2. The molecule has 3 rings (SSSR count). The average molecular weight is 296 g/mol. The zero-order valence-corrected chi connectivity index (χ0v) is 12.0. The minimum Gasteiger partial charge on any atom is -0.492 e. The largest absolute Gasteiger partial charge is 0.492 e. The molecule has 0 aliphatic heterocycles. The van der Waals surface area contributed by atoms with E-state index in [0.717, 1.165) is 23.1 Å². The predicted octanol–water partition coefficient (Wildman–Crippen LogP) is 2.81. The molecule has 22 heavy (non-hydrogen) atoms. The maximum Gasteiger partial charge on any atom is 0.209 e. The van der Waals surface area contributed by atoms with Gasteiger partial charge in [-0.1, -0.05) is 12.1 Å². The lowest BCUT2D eigenvalue weighted by Crippen LogP contribution is -2.20. The van der Waals surface area contributed by atoms with Crippen molar-refractivity contribution < 1.29 is 13.9 Å². The number of para-hydroxylation sites is 2. The molecule has 0 saturated heterocycles. The van der Waals surface area contributed by atoms with E-state index < -0.39 is 0 Å². The van der Waals surface area contributed by atoms with Gasteiger partial charge in [0.2, 0.25) is 5.89 Å². The van der Waals surface area contributed by atoms with Gasteiger partial charge in [-0.2, -0.15) is 0 Å². The quantitative estimate of drug-likeness (QED) is 0.536. The van der Waals surface area contributed by atoms with E-state index in [1.54, 1.807) is 24.3 Å². The third kappa shape index (κ3) is 3.51. The van der Waals surface area contributed by atoms with E-state index in [1.807, 2.05) is 24.3 Å². The second-order valence-corrected chi connectivity index (χ2v) is 4.79. The minimum atomic E-state index is 0.528. The molecule has 3 aromatic rings. The number of nitrogens with one attached hydrogen (secondary N) is 1. The molecule has 0 saturated carbocycles. The molecule has 0 radical (unpaired) electrons. The molecule has 2 aromatic carbocycles. The van der Waals surface area contributed by atoms with Crippen molar-refractivity contribution in [2.24, 2.45) is 0 Å². The highest BCUT2D eigenvalue weighted by Gasteiger charge is 2.03. The van der Waals surface area contributed by atoms with Crippen molar-refractivity contribution in [1.82, 2.24) is 10.3 Å². The monoisotopic (exact) mass is 296 g/mol. The fourth-order valence-electron chi connectivity index (χ4n) is 2.07. The number of aldehydes is 1. The molecular formula is C17H16N2O3. The van der Waals surface area contributed by atoms with Gasteiger partial charge in [-0.25, -0.2) is 4.98 Å². The Bertz CT molecular complexity index is 717. The number of oxazole rings is 1. The van der Waals surface area contributed by atoms with Crippen LogP contribution in [0.2, 0.25) is 0 Å². The Kier molecular flexibility index (Phi) is 4.46. The van der Waals surface area contributed by atoms with Crippen LogP contribution in [0, 0.1) is 0 Å². The molecule has 112 valence electrons. The summed E-state index contributed by atoms with van der Waals surface area (Å²) in [4.78, 5) is 14.9. The van der Waals surface area contributed by atoms with Crippen molar-refractivity contribution in [3.8, 4) is 5.75 Å². The van der Waals surface area contributed by atoms with E-state index in [4.69, 9.17) is 9.15 Å². The molecular weight excluding hydrogens is 280 g/mol. The summed E-state index contributed by atoms with van der Waals surface area (Å²) in [6.07, 6.45) is 0.811.